The maximum atomic E-state index is 13.7. The van der Waals surface area contributed by atoms with Crippen LogP contribution in [0.5, 0.6) is 0 Å². The van der Waals surface area contributed by atoms with Crippen molar-refractivity contribution in [3.05, 3.63) is 77.4 Å². The second kappa shape index (κ2) is 11.1. The SMILES string of the molecule is Cc1ccc(C(=O)Nc2cc(C)ccc2S(=O)(=O)Nc2ccc(S(=O)(=O)O)c3cc(S(=O)(=O)O)cc(S(=O)(=O)O)c23)c(N)c1. The van der Waals surface area contributed by atoms with Crippen LogP contribution in [0.4, 0.5) is 17.1 Å². The topological polar surface area (TPSA) is 264 Å². The minimum absolute atomic E-state index is 0.0349. The van der Waals surface area contributed by atoms with Gasteiger partial charge in [0.2, 0.25) is 0 Å². The molecule has 4 rings (SSSR count). The van der Waals surface area contributed by atoms with Crippen LogP contribution < -0.4 is 15.8 Å². The Balaban J connectivity index is 1.94. The number of benzene rings is 4. The first kappa shape index (κ1) is 32.8. The highest BCUT2D eigenvalue weighted by Crippen LogP contribution is 2.38. The number of sulfonamides is 1. The van der Waals surface area contributed by atoms with Gasteiger partial charge in [0.25, 0.3) is 46.3 Å². The Morgan fingerprint density at radius 3 is 1.80 bits per heavy atom. The average molecular weight is 686 g/mol. The van der Waals surface area contributed by atoms with Gasteiger partial charge in [0.05, 0.1) is 21.8 Å². The molecule has 0 fully saturated rings. The highest BCUT2D eigenvalue weighted by atomic mass is 32.2. The third kappa shape index (κ3) is 6.68. The number of nitrogens with one attached hydrogen (secondary N) is 2. The number of carbonyl (C=O) groups excluding carboxylic acids is 1. The zero-order chi connectivity index (χ0) is 33.0. The molecule has 0 aliphatic heterocycles. The molecule has 7 N–H and O–H groups in total. The Morgan fingerprint density at radius 1 is 0.659 bits per heavy atom. The van der Waals surface area contributed by atoms with Crippen molar-refractivity contribution < 1.29 is 52.1 Å². The number of amides is 1. The molecule has 19 heteroatoms. The molecule has 15 nitrogen and oxygen atoms in total. The van der Waals surface area contributed by atoms with Gasteiger partial charge in [-0.05, 0) is 73.5 Å². The molecule has 0 atom stereocenters. The molecular formula is C25H23N3O12S4. The van der Waals surface area contributed by atoms with Crippen molar-refractivity contribution >= 4 is 74.1 Å². The van der Waals surface area contributed by atoms with Crippen LogP contribution in [0.2, 0.25) is 0 Å². The van der Waals surface area contributed by atoms with Crippen LogP contribution in [0.3, 0.4) is 0 Å². The predicted molar refractivity (Wildman–Crippen MR) is 159 cm³/mol. The number of anilines is 3. The molecule has 0 bridgehead atoms. The van der Waals surface area contributed by atoms with E-state index in [4.69, 9.17) is 5.73 Å². The summed E-state index contributed by atoms with van der Waals surface area (Å²) in [6.07, 6.45) is 0. The lowest BCUT2D eigenvalue weighted by Gasteiger charge is -2.18. The number of aryl methyl sites for hydroxylation is 2. The van der Waals surface area contributed by atoms with Gasteiger partial charge >= 0.3 is 0 Å². The molecule has 0 saturated carbocycles. The first-order chi connectivity index (χ1) is 20.1. The fourth-order valence-electron chi connectivity index (χ4n) is 4.31. The molecule has 0 aliphatic rings. The van der Waals surface area contributed by atoms with Crippen molar-refractivity contribution in [3.63, 3.8) is 0 Å². The molecule has 4 aromatic rings. The summed E-state index contributed by atoms with van der Waals surface area (Å²) in [5.41, 5.74) is 6.45. The standard InChI is InChI=1S/C25H23N3O12S4/c1-13-3-5-16(18(26)9-13)25(29)27-20-10-14(2)4-7-22(20)41(30,31)28-19-6-8-21(43(35,36)37)17-11-15(42(32,33)34)12-23(24(17)19)44(38,39)40/h3-12,28H,26H2,1-2H3,(H,27,29)(H,32,33,34)(H,35,36,37)(H,38,39,40). The number of fused-ring (bicyclic) bond motifs is 1. The summed E-state index contributed by atoms with van der Waals surface area (Å²) in [6.45, 7) is 3.35. The van der Waals surface area contributed by atoms with E-state index in [1.807, 2.05) is 0 Å². The number of hydrogen-bond donors (Lipinski definition) is 6. The summed E-state index contributed by atoms with van der Waals surface area (Å²) < 4.78 is 131. The molecule has 0 unspecified atom stereocenters. The largest absolute Gasteiger partial charge is 0.398 e. The van der Waals surface area contributed by atoms with Gasteiger partial charge in [0.15, 0.2) is 0 Å². The van der Waals surface area contributed by atoms with Crippen molar-refractivity contribution in [1.29, 1.82) is 0 Å². The molecule has 0 radical (unpaired) electrons. The van der Waals surface area contributed by atoms with Gasteiger partial charge in [-0.1, -0.05) is 12.1 Å². The number of rotatable bonds is 8. The van der Waals surface area contributed by atoms with E-state index in [0.29, 0.717) is 17.7 Å². The van der Waals surface area contributed by atoms with Crippen molar-refractivity contribution in [1.82, 2.24) is 0 Å². The van der Waals surface area contributed by atoms with Crippen LogP contribution in [-0.2, 0) is 40.4 Å². The molecule has 44 heavy (non-hydrogen) atoms. The third-order valence-electron chi connectivity index (χ3n) is 6.23. The predicted octanol–water partition coefficient (Wildman–Crippen LogP) is 2.83. The summed E-state index contributed by atoms with van der Waals surface area (Å²) in [6, 6.07) is 10.5. The Morgan fingerprint density at radius 2 is 1.23 bits per heavy atom. The summed E-state index contributed by atoms with van der Waals surface area (Å²) in [4.78, 5) is 8.88. The van der Waals surface area contributed by atoms with E-state index < -0.39 is 82.3 Å². The quantitative estimate of drug-likeness (QED) is 0.115. The van der Waals surface area contributed by atoms with Crippen molar-refractivity contribution in [3.8, 4) is 0 Å². The highest BCUT2D eigenvalue weighted by molar-refractivity contribution is 7.93. The molecule has 0 saturated heterocycles. The zero-order valence-electron chi connectivity index (χ0n) is 22.5. The van der Waals surface area contributed by atoms with Gasteiger partial charge in [0, 0.05) is 16.5 Å². The first-order valence-corrected chi connectivity index (χ1v) is 17.7. The van der Waals surface area contributed by atoms with Crippen LogP contribution in [0.25, 0.3) is 10.8 Å². The normalized spacial score (nSPS) is 12.7. The van der Waals surface area contributed by atoms with Crippen molar-refractivity contribution in [2.45, 2.75) is 33.4 Å². The second-order valence-corrected chi connectivity index (χ2v) is 15.4. The van der Waals surface area contributed by atoms with Gasteiger partial charge < -0.3 is 11.1 Å². The van der Waals surface area contributed by atoms with E-state index in [9.17, 15) is 52.1 Å². The lowest BCUT2D eigenvalue weighted by atomic mass is 10.1. The van der Waals surface area contributed by atoms with E-state index in [2.05, 4.69) is 10.0 Å². The minimum Gasteiger partial charge on any atom is -0.398 e. The fourth-order valence-corrected chi connectivity index (χ4v) is 7.57. The van der Waals surface area contributed by atoms with Gasteiger partial charge in [0.1, 0.15) is 14.7 Å². The second-order valence-electron chi connectivity index (χ2n) is 9.53. The third-order valence-corrected chi connectivity index (χ3v) is 10.3. The van der Waals surface area contributed by atoms with Gasteiger partial charge in [-0.25, -0.2) is 8.42 Å². The van der Waals surface area contributed by atoms with Gasteiger partial charge in [-0.15, -0.1) is 0 Å². The van der Waals surface area contributed by atoms with E-state index in [1.165, 1.54) is 24.3 Å². The summed E-state index contributed by atoms with van der Waals surface area (Å²) >= 11 is 0. The lowest BCUT2D eigenvalue weighted by molar-refractivity contribution is 0.102. The average Bonchev–Trinajstić information content (AvgIpc) is 2.86. The van der Waals surface area contributed by atoms with Crippen LogP contribution in [0.1, 0.15) is 21.5 Å². The van der Waals surface area contributed by atoms with Crippen LogP contribution in [-0.4, -0.2) is 53.2 Å². The lowest BCUT2D eigenvalue weighted by Crippen LogP contribution is -2.20. The van der Waals surface area contributed by atoms with Crippen molar-refractivity contribution in [2.24, 2.45) is 0 Å². The van der Waals surface area contributed by atoms with Gasteiger partial charge in [-0.2, -0.15) is 25.3 Å². The molecule has 0 heterocycles. The van der Waals surface area contributed by atoms with Gasteiger partial charge in [-0.3, -0.25) is 23.2 Å². The van der Waals surface area contributed by atoms with E-state index in [0.717, 1.165) is 17.7 Å². The maximum absolute atomic E-state index is 13.7. The summed E-state index contributed by atoms with van der Waals surface area (Å²) in [5, 5.41) is 0.707. The molecule has 1 amide bonds. The van der Waals surface area contributed by atoms with Crippen LogP contribution in [0, 0.1) is 13.8 Å². The minimum atomic E-state index is -5.44. The first-order valence-electron chi connectivity index (χ1n) is 11.9. The Labute approximate surface area is 252 Å². The Hall–Kier alpha value is -4.11. The molecule has 234 valence electrons. The van der Waals surface area contributed by atoms with Crippen LogP contribution in [0.15, 0.2) is 80.2 Å². The van der Waals surface area contributed by atoms with Crippen LogP contribution >= 0.6 is 0 Å². The van der Waals surface area contributed by atoms with Crippen molar-refractivity contribution in [2.75, 3.05) is 15.8 Å². The monoisotopic (exact) mass is 685 g/mol. The smallest absolute Gasteiger partial charge is 0.295 e. The molecule has 0 spiro atoms. The highest BCUT2D eigenvalue weighted by Gasteiger charge is 2.29. The molecule has 0 aliphatic carbocycles. The fraction of sp³-hybridized carbons (Fsp3) is 0.0800. The Bertz CT molecular complexity index is 2320. The number of hydrogen-bond acceptors (Lipinski definition) is 10. The summed E-state index contributed by atoms with van der Waals surface area (Å²) in [7, 11) is -20.7. The molecule has 0 aromatic heterocycles. The number of carbonyl (C=O) groups is 1. The molecule has 4 aromatic carbocycles. The zero-order valence-corrected chi connectivity index (χ0v) is 25.8. The number of nitrogens with two attached hydrogens (primary N) is 1. The molecular weight excluding hydrogens is 663 g/mol. The van der Waals surface area contributed by atoms with E-state index >= 15 is 0 Å². The maximum Gasteiger partial charge on any atom is 0.295 e. The van der Waals surface area contributed by atoms with E-state index in [1.54, 1.807) is 19.9 Å². The number of nitrogen functional groups attached to an aromatic ring is 1. The summed E-state index contributed by atoms with van der Waals surface area (Å²) in [5.74, 6) is -0.765. The van der Waals surface area contributed by atoms with E-state index in [-0.39, 0.29) is 23.0 Å². The Kier molecular flexibility index (Phi) is 8.28.